The zero-order chi connectivity index (χ0) is 25.3. The van der Waals surface area contributed by atoms with Gasteiger partial charge in [-0.2, -0.15) is 13.2 Å². The molecule has 0 saturated carbocycles. The Kier molecular flexibility index (Phi) is 6.99. The number of carbonyl (C=O) groups is 2. The number of nitrogens with one attached hydrogen (secondary N) is 1. The first-order chi connectivity index (χ1) is 15.8. The maximum atomic E-state index is 14.3. The maximum Gasteiger partial charge on any atom is 0.412 e. The first kappa shape index (κ1) is 25.2. The van der Waals surface area contributed by atoms with Gasteiger partial charge in [-0.25, -0.2) is 9.38 Å². The zero-order valence-electron chi connectivity index (χ0n) is 19.0. The molecule has 0 spiro atoms. The number of hydrogen-bond acceptors (Lipinski definition) is 4. The quantitative estimate of drug-likeness (QED) is 0.606. The number of carbonyl (C=O) groups excluding carboxylic acids is 2. The van der Waals surface area contributed by atoms with Gasteiger partial charge in [0.1, 0.15) is 5.82 Å². The molecule has 0 radical (unpaired) electrons. The van der Waals surface area contributed by atoms with Crippen molar-refractivity contribution in [2.45, 2.75) is 51.5 Å². The van der Waals surface area contributed by atoms with Crippen molar-refractivity contribution in [3.8, 4) is 0 Å². The fourth-order valence-electron chi connectivity index (χ4n) is 3.66. The van der Waals surface area contributed by atoms with Gasteiger partial charge in [0.2, 0.25) is 5.91 Å². The average Bonchev–Trinajstić information content (AvgIpc) is 2.73. The van der Waals surface area contributed by atoms with Crippen LogP contribution in [0, 0.1) is 11.7 Å². The number of halogens is 4. The van der Waals surface area contributed by atoms with E-state index in [0.717, 1.165) is 12.1 Å². The van der Waals surface area contributed by atoms with Crippen molar-refractivity contribution in [1.82, 2.24) is 10.2 Å². The standard InChI is InChI=1S/C24H26F4N4O2/c1-14(2)23(3)12-19(33)32(22(29)31-23)13-15-9-17(11-18(25)10-15)21(34)30-20(24(26,27)28)16-7-5-4-6-8-16/h4-11,14,20H,12-13H2,1-3H3,(H2,29,31)(H,30,34). The molecule has 1 aliphatic heterocycles. The van der Waals surface area contributed by atoms with Crippen LogP contribution in [0.4, 0.5) is 17.6 Å². The Bertz CT molecular complexity index is 1100. The smallest absolute Gasteiger partial charge is 0.369 e. The topological polar surface area (TPSA) is 87.8 Å². The molecular weight excluding hydrogens is 452 g/mol. The lowest BCUT2D eigenvalue weighted by Gasteiger charge is -2.37. The molecule has 10 heteroatoms. The molecule has 3 N–H and O–H groups in total. The summed E-state index contributed by atoms with van der Waals surface area (Å²) in [6.45, 7) is 5.47. The Balaban J connectivity index is 1.85. The van der Waals surface area contributed by atoms with E-state index in [9.17, 15) is 27.2 Å². The lowest BCUT2D eigenvalue weighted by Crippen LogP contribution is -2.51. The van der Waals surface area contributed by atoms with Gasteiger partial charge in [0.15, 0.2) is 12.0 Å². The van der Waals surface area contributed by atoms with Crippen molar-refractivity contribution < 1.29 is 27.2 Å². The Morgan fingerprint density at radius 3 is 2.41 bits per heavy atom. The first-order valence-corrected chi connectivity index (χ1v) is 10.7. The number of amides is 2. The number of benzene rings is 2. The molecule has 1 heterocycles. The van der Waals surface area contributed by atoms with Gasteiger partial charge >= 0.3 is 6.18 Å². The van der Waals surface area contributed by atoms with Crippen molar-refractivity contribution in [3.63, 3.8) is 0 Å². The van der Waals surface area contributed by atoms with Crippen LogP contribution < -0.4 is 11.1 Å². The molecule has 6 nitrogen and oxygen atoms in total. The second-order valence-electron chi connectivity index (χ2n) is 8.85. The molecule has 2 atom stereocenters. The molecular formula is C24H26F4N4O2. The van der Waals surface area contributed by atoms with E-state index in [0.29, 0.717) is 0 Å². The maximum absolute atomic E-state index is 14.3. The normalized spacial score (nSPS) is 19.7. The van der Waals surface area contributed by atoms with E-state index >= 15 is 0 Å². The van der Waals surface area contributed by atoms with Gasteiger partial charge in [-0.1, -0.05) is 44.2 Å². The van der Waals surface area contributed by atoms with Gasteiger partial charge in [-0.3, -0.25) is 14.5 Å². The van der Waals surface area contributed by atoms with Gasteiger partial charge < -0.3 is 11.1 Å². The van der Waals surface area contributed by atoms with Gasteiger partial charge in [0.25, 0.3) is 5.91 Å². The molecule has 0 fully saturated rings. The van der Waals surface area contributed by atoms with Crippen LogP contribution in [0.25, 0.3) is 0 Å². The summed E-state index contributed by atoms with van der Waals surface area (Å²) in [5, 5.41) is 1.93. The Morgan fingerprint density at radius 2 is 1.85 bits per heavy atom. The minimum atomic E-state index is -4.76. The molecule has 0 bridgehead atoms. The molecule has 0 aromatic heterocycles. The van der Waals surface area contributed by atoms with Crippen molar-refractivity contribution in [2.24, 2.45) is 16.6 Å². The number of nitrogens with two attached hydrogens (primary N) is 1. The minimum Gasteiger partial charge on any atom is -0.369 e. The van der Waals surface area contributed by atoms with Crippen molar-refractivity contribution in [3.05, 3.63) is 71.0 Å². The molecule has 1 aliphatic rings. The molecule has 0 saturated heterocycles. The van der Waals surface area contributed by atoms with Crippen molar-refractivity contribution in [1.29, 1.82) is 0 Å². The van der Waals surface area contributed by atoms with Crippen LogP contribution in [-0.4, -0.2) is 34.4 Å². The Hall–Kier alpha value is -3.43. The Morgan fingerprint density at radius 1 is 1.21 bits per heavy atom. The van der Waals surface area contributed by atoms with Gasteiger partial charge in [0.05, 0.1) is 18.5 Å². The molecule has 34 heavy (non-hydrogen) atoms. The third kappa shape index (κ3) is 5.55. The van der Waals surface area contributed by atoms with Crippen LogP contribution in [0.5, 0.6) is 0 Å². The molecule has 2 aromatic rings. The number of alkyl halides is 3. The Labute approximate surface area is 194 Å². The summed E-state index contributed by atoms with van der Waals surface area (Å²) < 4.78 is 55.1. The molecule has 2 unspecified atom stereocenters. The lowest BCUT2D eigenvalue weighted by molar-refractivity contribution is -0.155. The molecule has 3 rings (SSSR count). The van der Waals surface area contributed by atoms with E-state index in [4.69, 9.17) is 5.73 Å². The predicted molar refractivity (Wildman–Crippen MR) is 119 cm³/mol. The van der Waals surface area contributed by atoms with Crippen molar-refractivity contribution >= 4 is 17.8 Å². The summed E-state index contributed by atoms with van der Waals surface area (Å²) in [5.74, 6) is -2.25. The van der Waals surface area contributed by atoms with Crippen LogP contribution in [0.15, 0.2) is 53.5 Å². The van der Waals surface area contributed by atoms with Gasteiger partial charge in [-0.15, -0.1) is 0 Å². The minimum absolute atomic E-state index is 0.0380. The second-order valence-corrected chi connectivity index (χ2v) is 8.85. The molecule has 2 aromatic carbocycles. The van der Waals surface area contributed by atoms with E-state index in [2.05, 4.69) is 4.99 Å². The van der Waals surface area contributed by atoms with E-state index < -0.39 is 29.5 Å². The summed E-state index contributed by atoms with van der Waals surface area (Å²) in [6, 6.07) is 7.77. The summed E-state index contributed by atoms with van der Waals surface area (Å²) >= 11 is 0. The van der Waals surface area contributed by atoms with Crippen LogP contribution in [-0.2, 0) is 11.3 Å². The molecule has 2 amide bonds. The summed E-state index contributed by atoms with van der Waals surface area (Å²) in [5.41, 5.74) is 5.05. The van der Waals surface area contributed by atoms with Crippen molar-refractivity contribution in [2.75, 3.05) is 0 Å². The summed E-state index contributed by atoms with van der Waals surface area (Å²) in [6.07, 6.45) is -4.67. The van der Waals surface area contributed by atoms with Crippen LogP contribution >= 0.6 is 0 Å². The SMILES string of the molecule is CC(C)C1(C)CC(=O)N(Cc2cc(F)cc(C(=O)NC(c3ccccc3)C(F)(F)F)c2)C(N)=N1. The highest BCUT2D eigenvalue weighted by molar-refractivity contribution is 5.99. The van der Waals surface area contributed by atoms with Gasteiger partial charge in [0, 0.05) is 5.56 Å². The third-order valence-electron chi connectivity index (χ3n) is 6.00. The second kappa shape index (κ2) is 9.44. The third-order valence-corrected chi connectivity index (χ3v) is 6.00. The number of guanidine groups is 1. The average molecular weight is 478 g/mol. The highest BCUT2D eigenvalue weighted by atomic mass is 19.4. The zero-order valence-corrected chi connectivity index (χ0v) is 19.0. The summed E-state index contributed by atoms with van der Waals surface area (Å²) in [7, 11) is 0. The van der Waals surface area contributed by atoms with E-state index in [1.807, 2.05) is 26.1 Å². The highest BCUT2D eigenvalue weighted by Crippen LogP contribution is 2.33. The summed E-state index contributed by atoms with van der Waals surface area (Å²) in [4.78, 5) is 31.0. The largest absolute Gasteiger partial charge is 0.412 e. The van der Waals surface area contributed by atoms with Crippen LogP contribution in [0.3, 0.4) is 0 Å². The fourth-order valence-corrected chi connectivity index (χ4v) is 3.66. The number of aliphatic imine (C=N–C) groups is 1. The highest BCUT2D eigenvalue weighted by Gasteiger charge is 2.42. The lowest BCUT2D eigenvalue weighted by atomic mass is 9.84. The van der Waals surface area contributed by atoms with E-state index in [-0.39, 0.29) is 47.4 Å². The first-order valence-electron chi connectivity index (χ1n) is 10.7. The number of nitrogens with zero attached hydrogens (tertiary/aromatic N) is 2. The number of hydrogen-bond donors (Lipinski definition) is 2. The monoisotopic (exact) mass is 478 g/mol. The van der Waals surface area contributed by atoms with Crippen LogP contribution in [0.1, 0.15) is 54.7 Å². The number of rotatable bonds is 6. The molecule has 0 aliphatic carbocycles. The van der Waals surface area contributed by atoms with E-state index in [1.165, 1.54) is 35.2 Å². The fraction of sp³-hybridized carbons (Fsp3) is 0.375. The van der Waals surface area contributed by atoms with E-state index in [1.54, 1.807) is 6.07 Å². The van der Waals surface area contributed by atoms with Gasteiger partial charge in [-0.05, 0) is 42.2 Å². The van der Waals surface area contributed by atoms with Crippen LogP contribution in [0.2, 0.25) is 0 Å². The molecule has 182 valence electrons. The predicted octanol–water partition coefficient (Wildman–Crippen LogP) is 4.32.